The molecule has 0 saturated heterocycles. The average Bonchev–Trinajstić information content (AvgIpc) is 2.62. The van der Waals surface area contributed by atoms with E-state index in [0.717, 1.165) is 12.1 Å². The second-order valence-corrected chi connectivity index (χ2v) is 21.3. The summed E-state index contributed by atoms with van der Waals surface area (Å²) in [5.74, 6) is 0.185. The highest BCUT2D eigenvalue weighted by atomic mass is 35.5. The number of esters is 1. The summed E-state index contributed by atoms with van der Waals surface area (Å²) in [6.45, 7) is 16.8. The van der Waals surface area contributed by atoms with Crippen molar-refractivity contribution in [3.05, 3.63) is 22.2 Å². The van der Waals surface area contributed by atoms with E-state index >= 15 is 0 Å². The third kappa shape index (κ3) is 9.83. The molecule has 0 spiro atoms. The Bertz CT molecular complexity index is 698. The second kappa shape index (κ2) is 12.1. The predicted octanol–water partition coefficient (Wildman–Crippen LogP) is 5.82. The van der Waals surface area contributed by atoms with E-state index in [0.29, 0.717) is 35.3 Å². The first-order valence-electron chi connectivity index (χ1n) is 10.2. The monoisotopic (exact) mass is 476 g/mol. The number of hydrogen-bond donors (Lipinski definition) is 0. The lowest BCUT2D eigenvalue weighted by molar-refractivity contribution is 0.0170. The number of carbonyl (C=O) groups is 1. The van der Waals surface area contributed by atoms with Crippen molar-refractivity contribution in [2.45, 2.75) is 58.3 Å². The molecule has 0 aliphatic heterocycles. The van der Waals surface area contributed by atoms with E-state index in [-0.39, 0.29) is 19.1 Å². The van der Waals surface area contributed by atoms with Gasteiger partial charge in [-0.05, 0) is 24.6 Å². The van der Waals surface area contributed by atoms with Crippen molar-refractivity contribution in [3.63, 3.8) is 0 Å². The molecule has 0 aliphatic rings. The summed E-state index contributed by atoms with van der Waals surface area (Å²) in [5.41, 5.74) is 0.795. The Balaban J connectivity index is 2.84. The zero-order valence-electron chi connectivity index (χ0n) is 19.6. The molecule has 1 rings (SSSR count). The maximum absolute atomic E-state index is 12.3. The Hall–Kier alpha value is -1.07. The first-order chi connectivity index (χ1) is 13.9. The first kappa shape index (κ1) is 27.0. The van der Waals surface area contributed by atoms with Crippen molar-refractivity contribution < 1.29 is 28.5 Å². The molecule has 0 amide bonds. The van der Waals surface area contributed by atoms with Crippen LogP contribution in [-0.2, 0) is 14.2 Å². The van der Waals surface area contributed by atoms with Gasteiger partial charge in [0, 0.05) is 35.4 Å². The van der Waals surface area contributed by atoms with Crippen LogP contribution in [-0.4, -0.2) is 56.0 Å². The number of rotatable bonds is 13. The van der Waals surface area contributed by atoms with Gasteiger partial charge in [0.1, 0.15) is 17.1 Å². The van der Waals surface area contributed by atoms with Crippen molar-refractivity contribution in [3.8, 4) is 11.5 Å². The summed E-state index contributed by atoms with van der Waals surface area (Å²) in [6.07, 6.45) is 0. The maximum atomic E-state index is 12.3. The van der Waals surface area contributed by atoms with Crippen LogP contribution in [0.15, 0.2) is 6.07 Å². The zero-order chi connectivity index (χ0) is 22.9. The van der Waals surface area contributed by atoms with Crippen molar-refractivity contribution in [1.82, 2.24) is 0 Å². The third-order valence-corrected chi connectivity index (χ3v) is 8.28. The van der Waals surface area contributed by atoms with Gasteiger partial charge in [-0.3, -0.25) is 0 Å². The second-order valence-electron chi connectivity index (χ2n) is 9.64. The summed E-state index contributed by atoms with van der Waals surface area (Å²) in [4.78, 5) is 12.3. The third-order valence-electron chi connectivity index (χ3n) is 4.41. The minimum atomic E-state index is -1.18. The van der Waals surface area contributed by atoms with Gasteiger partial charge in [-0.25, -0.2) is 4.79 Å². The average molecular weight is 477 g/mol. The fourth-order valence-electron chi connectivity index (χ4n) is 2.39. The van der Waals surface area contributed by atoms with Crippen LogP contribution >= 0.6 is 11.6 Å². The largest absolute Gasteiger partial charge is 0.466 e. The van der Waals surface area contributed by atoms with Crippen LogP contribution in [0.4, 0.5) is 0 Å². The fraction of sp³-hybridized carbons (Fsp3) is 0.667. The molecule has 0 heterocycles. The molecule has 0 aliphatic carbocycles. The molecule has 0 atom stereocenters. The molecule has 1 aromatic rings. The van der Waals surface area contributed by atoms with Gasteiger partial charge in [0.05, 0.1) is 12.1 Å². The van der Waals surface area contributed by atoms with Gasteiger partial charge >= 0.3 is 5.97 Å². The number of ether oxygens (including phenoxy) is 5. The number of benzene rings is 1. The van der Waals surface area contributed by atoms with E-state index in [1.165, 1.54) is 7.11 Å². The Kier molecular flexibility index (Phi) is 10.9. The Morgan fingerprint density at radius 2 is 1.37 bits per heavy atom. The summed E-state index contributed by atoms with van der Waals surface area (Å²) < 4.78 is 27.5. The lowest BCUT2D eigenvalue weighted by Gasteiger charge is -2.19. The maximum Gasteiger partial charge on any atom is 0.341 e. The molecule has 0 bridgehead atoms. The molecule has 9 heteroatoms. The number of hydrogen-bond acceptors (Lipinski definition) is 6. The van der Waals surface area contributed by atoms with Crippen molar-refractivity contribution in [2.75, 3.05) is 33.9 Å². The van der Waals surface area contributed by atoms with E-state index in [9.17, 15) is 4.79 Å². The van der Waals surface area contributed by atoms with Crippen LogP contribution in [0.25, 0.3) is 0 Å². The molecule has 0 N–H and O–H groups in total. The molecular formula is C21H37ClO6Si2. The SMILES string of the molecule is COC(=O)c1c(OCOCC[Si](C)(C)C)cc(OCOCC[Si](C)(C)C)c(Cl)c1C. The van der Waals surface area contributed by atoms with Gasteiger partial charge in [0.15, 0.2) is 13.6 Å². The van der Waals surface area contributed by atoms with Crippen molar-refractivity contribution >= 4 is 33.7 Å². The molecule has 0 radical (unpaired) electrons. The molecule has 0 fully saturated rings. The quantitative estimate of drug-likeness (QED) is 0.155. The van der Waals surface area contributed by atoms with E-state index in [4.69, 9.17) is 35.3 Å². The molecule has 6 nitrogen and oxygen atoms in total. The molecule has 0 unspecified atom stereocenters. The molecule has 30 heavy (non-hydrogen) atoms. The van der Waals surface area contributed by atoms with Gasteiger partial charge in [0.25, 0.3) is 0 Å². The number of carbonyl (C=O) groups excluding carboxylic acids is 1. The van der Waals surface area contributed by atoms with E-state index in [1.807, 2.05) is 0 Å². The Morgan fingerprint density at radius 1 is 0.900 bits per heavy atom. The molecule has 172 valence electrons. The highest BCUT2D eigenvalue weighted by Gasteiger charge is 2.23. The smallest absolute Gasteiger partial charge is 0.341 e. The molecule has 1 aromatic carbocycles. The number of methoxy groups -OCH3 is 1. The summed E-state index contributed by atoms with van der Waals surface area (Å²) >= 11 is 6.43. The minimum absolute atomic E-state index is 0.0295. The lowest BCUT2D eigenvalue weighted by Crippen LogP contribution is -2.22. The molecule has 0 aromatic heterocycles. The molecule has 0 saturated carbocycles. The van der Waals surface area contributed by atoms with Crippen molar-refractivity contribution in [2.24, 2.45) is 0 Å². The Labute approximate surface area is 188 Å². The van der Waals surface area contributed by atoms with E-state index < -0.39 is 22.1 Å². The highest BCUT2D eigenvalue weighted by molar-refractivity contribution is 6.76. The predicted molar refractivity (Wildman–Crippen MR) is 127 cm³/mol. The van der Waals surface area contributed by atoms with Gasteiger partial charge in [-0.15, -0.1) is 0 Å². The van der Waals surface area contributed by atoms with Crippen LogP contribution in [0.3, 0.4) is 0 Å². The minimum Gasteiger partial charge on any atom is -0.466 e. The first-order valence-corrected chi connectivity index (χ1v) is 18.0. The zero-order valence-corrected chi connectivity index (χ0v) is 22.4. The lowest BCUT2D eigenvalue weighted by atomic mass is 10.1. The summed E-state index contributed by atoms with van der Waals surface area (Å²) in [5, 5.41) is 0.330. The molecular weight excluding hydrogens is 440 g/mol. The highest BCUT2D eigenvalue weighted by Crippen LogP contribution is 2.37. The van der Waals surface area contributed by atoms with Gasteiger partial charge in [0.2, 0.25) is 0 Å². The number of halogens is 1. The standard InChI is InChI=1S/C21H37ClO6Si2/c1-16-19(21(23)24-2)17(27-14-25-9-11-29(3,4)5)13-18(20(16)22)28-15-26-10-12-30(6,7)8/h13H,9-12,14-15H2,1-8H3. The van der Waals surface area contributed by atoms with Crippen LogP contribution in [0, 0.1) is 6.92 Å². The van der Waals surface area contributed by atoms with Gasteiger partial charge in [-0.1, -0.05) is 50.9 Å². The fourth-order valence-corrected chi connectivity index (χ4v) is 4.11. The van der Waals surface area contributed by atoms with Crippen LogP contribution in [0.5, 0.6) is 11.5 Å². The summed E-state index contributed by atoms with van der Waals surface area (Å²) in [6, 6.07) is 3.67. The van der Waals surface area contributed by atoms with Gasteiger partial charge < -0.3 is 23.7 Å². The summed E-state index contributed by atoms with van der Waals surface area (Å²) in [7, 11) is -1.03. The normalized spacial score (nSPS) is 12.0. The topological polar surface area (TPSA) is 63.2 Å². The van der Waals surface area contributed by atoms with Gasteiger partial charge in [-0.2, -0.15) is 0 Å². The van der Waals surface area contributed by atoms with Crippen LogP contribution in [0.2, 0.25) is 56.4 Å². The Morgan fingerprint density at radius 3 is 1.80 bits per heavy atom. The van der Waals surface area contributed by atoms with Crippen LogP contribution < -0.4 is 9.47 Å². The van der Waals surface area contributed by atoms with Crippen molar-refractivity contribution in [1.29, 1.82) is 0 Å². The van der Waals surface area contributed by atoms with E-state index in [2.05, 4.69) is 39.3 Å². The van der Waals surface area contributed by atoms with E-state index in [1.54, 1.807) is 13.0 Å². The van der Waals surface area contributed by atoms with Crippen LogP contribution in [0.1, 0.15) is 15.9 Å².